The number of nitrogens with one attached hydrogen (secondary N) is 1. The molecule has 0 radical (unpaired) electrons. The van der Waals surface area contributed by atoms with Gasteiger partial charge in [-0.1, -0.05) is 6.92 Å². The van der Waals surface area contributed by atoms with Crippen LogP contribution in [0.1, 0.15) is 32.6 Å². The third-order valence-electron chi connectivity index (χ3n) is 5.05. The van der Waals surface area contributed by atoms with Crippen LogP contribution in [0.2, 0.25) is 0 Å². The number of amides is 2. The van der Waals surface area contributed by atoms with Crippen molar-refractivity contribution >= 4 is 24.2 Å². The Morgan fingerprint density at radius 2 is 2.05 bits per heavy atom. The van der Waals surface area contributed by atoms with Crippen molar-refractivity contribution in [1.29, 1.82) is 0 Å². The Kier molecular flexibility index (Phi) is 5.69. The molecule has 3 fully saturated rings. The number of likely N-dealkylation sites (tertiary alicyclic amines) is 1. The number of rotatable bonds is 4. The predicted octanol–water partition coefficient (Wildman–Crippen LogP) is 0.288. The number of halogens is 1. The summed E-state index contributed by atoms with van der Waals surface area (Å²) < 4.78 is 5.30. The van der Waals surface area contributed by atoms with Gasteiger partial charge in [0.15, 0.2) is 0 Å². The lowest BCUT2D eigenvalue weighted by Gasteiger charge is -2.27. The summed E-state index contributed by atoms with van der Waals surface area (Å²) in [6.07, 6.45) is 3.18. The van der Waals surface area contributed by atoms with E-state index in [1.54, 1.807) is 0 Å². The molecule has 2 saturated heterocycles. The van der Waals surface area contributed by atoms with Gasteiger partial charge in [0.05, 0.1) is 12.1 Å². The maximum atomic E-state index is 12.3. The zero-order valence-corrected chi connectivity index (χ0v) is 13.8. The summed E-state index contributed by atoms with van der Waals surface area (Å²) in [5.41, 5.74) is 6.07. The smallest absolute Gasteiger partial charge is 0.237 e. The molecule has 0 spiro atoms. The zero-order chi connectivity index (χ0) is 15.0. The van der Waals surface area contributed by atoms with Crippen molar-refractivity contribution in [1.82, 2.24) is 10.2 Å². The lowest BCUT2D eigenvalue weighted by atomic mass is 9.91. The molecule has 2 heterocycles. The Morgan fingerprint density at radius 3 is 2.64 bits per heavy atom. The van der Waals surface area contributed by atoms with Crippen molar-refractivity contribution in [3.8, 4) is 0 Å². The molecule has 6 nitrogen and oxygen atoms in total. The molecule has 3 N–H and O–H groups in total. The first kappa shape index (κ1) is 17.5. The van der Waals surface area contributed by atoms with Gasteiger partial charge >= 0.3 is 0 Å². The molecular weight excluding hydrogens is 306 g/mol. The second-order valence-corrected chi connectivity index (χ2v) is 6.71. The Bertz CT molecular complexity index is 428. The summed E-state index contributed by atoms with van der Waals surface area (Å²) in [5.74, 6) is 0.836. The van der Waals surface area contributed by atoms with Gasteiger partial charge in [0.1, 0.15) is 0 Å². The molecule has 126 valence electrons. The molecule has 0 bridgehead atoms. The molecule has 0 aromatic carbocycles. The van der Waals surface area contributed by atoms with Crippen LogP contribution in [0.5, 0.6) is 0 Å². The summed E-state index contributed by atoms with van der Waals surface area (Å²) in [6, 6.07) is -0.176. The van der Waals surface area contributed by atoms with E-state index in [9.17, 15) is 9.59 Å². The van der Waals surface area contributed by atoms with Crippen LogP contribution in [0, 0.1) is 11.8 Å². The van der Waals surface area contributed by atoms with Crippen LogP contribution in [-0.2, 0) is 14.3 Å². The highest BCUT2D eigenvalue weighted by Gasteiger charge is 2.45. The molecule has 1 saturated carbocycles. The van der Waals surface area contributed by atoms with Gasteiger partial charge in [0.2, 0.25) is 11.8 Å². The predicted molar refractivity (Wildman–Crippen MR) is 84.6 cm³/mol. The Morgan fingerprint density at radius 1 is 1.41 bits per heavy atom. The highest BCUT2D eigenvalue weighted by Crippen LogP contribution is 2.37. The first-order valence-electron chi connectivity index (χ1n) is 7.99. The van der Waals surface area contributed by atoms with Gasteiger partial charge in [-0.25, -0.2) is 0 Å². The number of carbonyl (C=O) groups is 2. The van der Waals surface area contributed by atoms with E-state index >= 15 is 0 Å². The van der Waals surface area contributed by atoms with E-state index in [1.165, 1.54) is 0 Å². The van der Waals surface area contributed by atoms with Crippen molar-refractivity contribution < 1.29 is 14.3 Å². The van der Waals surface area contributed by atoms with Crippen LogP contribution >= 0.6 is 12.4 Å². The second-order valence-electron chi connectivity index (χ2n) is 6.71. The highest BCUT2D eigenvalue weighted by atomic mass is 35.5. The van der Waals surface area contributed by atoms with E-state index in [1.807, 2.05) is 4.90 Å². The minimum absolute atomic E-state index is 0. The van der Waals surface area contributed by atoms with Gasteiger partial charge < -0.3 is 20.7 Å². The largest absolute Gasteiger partial charge is 0.381 e. The number of nitrogens with two attached hydrogens (primary N) is 1. The monoisotopic (exact) mass is 331 g/mol. The van der Waals surface area contributed by atoms with Crippen molar-refractivity contribution in [3.63, 3.8) is 0 Å². The lowest BCUT2D eigenvalue weighted by Crippen LogP contribution is -2.50. The van der Waals surface area contributed by atoms with E-state index in [0.29, 0.717) is 38.1 Å². The number of hydrogen-bond donors (Lipinski definition) is 2. The topological polar surface area (TPSA) is 84.7 Å². The molecule has 22 heavy (non-hydrogen) atoms. The van der Waals surface area contributed by atoms with Crippen LogP contribution in [0.15, 0.2) is 0 Å². The SMILES string of the molecule is CC1CC1N1CC(NC(=O)C(N)C2CCOCC2)CC1=O.Cl. The van der Waals surface area contributed by atoms with E-state index < -0.39 is 6.04 Å². The minimum atomic E-state index is -0.488. The molecule has 7 heteroatoms. The molecular formula is C15H26ClN3O3. The van der Waals surface area contributed by atoms with Crippen LogP contribution in [0.3, 0.4) is 0 Å². The molecule has 3 aliphatic rings. The van der Waals surface area contributed by atoms with Crippen LogP contribution in [0.25, 0.3) is 0 Å². The van der Waals surface area contributed by atoms with E-state index in [2.05, 4.69) is 12.2 Å². The number of hydrogen-bond acceptors (Lipinski definition) is 4. The van der Waals surface area contributed by atoms with Crippen LogP contribution in [-0.4, -0.2) is 54.6 Å². The first-order valence-corrected chi connectivity index (χ1v) is 7.99. The average Bonchev–Trinajstić information content (AvgIpc) is 3.09. The summed E-state index contributed by atoms with van der Waals surface area (Å²) in [6.45, 7) is 4.16. The molecule has 2 amide bonds. The fourth-order valence-electron chi connectivity index (χ4n) is 3.47. The van der Waals surface area contributed by atoms with Gasteiger partial charge in [-0.05, 0) is 31.1 Å². The van der Waals surface area contributed by atoms with Gasteiger partial charge in [-0.15, -0.1) is 12.4 Å². The van der Waals surface area contributed by atoms with Gasteiger partial charge in [-0.2, -0.15) is 0 Å². The quantitative estimate of drug-likeness (QED) is 0.775. The Balaban J connectivity index is 0.00000176. The Hall–Kier alpha value is -0.850. The third kappa shape index (κ3) is 3.73. The Labute approximate surface area is 137 Å². The van der Waals surface area contributed by atoms with Gasteiger partial charge in [0.25, 0.3) is 0 Å². The standard InChI is InChI=1S/C15H25N3O3.ClH/c1-9-6-12(9)18-8-11(7-13(18)19)17-15(20)14(16)10-2-4-21-5-3-10;/h9-12,14H,2-8,16H2,1H3,(H,17,20);1H. The van der Waals surface area contributed by atoms with E-state index in [0.717, 1.165) is 19.3 Å². The van der Waals surface area contributed by atoms with Gasteiger partial charge in [-0.3, -0.25) is 9.59 Å². The van der Waals surface area contributed by atoms with Crippen LogP contribution in [0.4, 0.5) is 0 Å². The third-order valence-corrected chi connectivity index (χ3v) is 5.05. The van der Waals surface area contributed by atoms with Crippen molar-refractivity contribution in [2.75, 3.05) is 19.8 Å². The molecule has 0 aromatic rings. The average molecular weight is 332 g/mol. The zero-order valence-electron chi connectivity index (χ0n) is 13.0. The second kappa shape index (κ2) is 7.15. The van der Waals surface area contributed by atoms with E-state index in [-0.39, 0.29) is 36.2 Å². The molecule has 4 unspecified atom stereocenters. The van der Waals surface area contributed by atoms with Crippen molar-refractivity contribution in [3.05, 3.63) is 0 Å². The van der Waals surface area contributed by atoms with E-state index in [4.69, 9.17) is 10.5 Å². The molecule has 3 rings (SSSR count). The summed E-state index contributed by atoms with van der Waals surface area (Å²) in [7, 11) is 0. The highest BCUT2D eigenvalue weighted by molar-refractivity contribution is 5.85. The fraction of sp³-hybridized carbons (Fsp3) is 0.867. The normalized spacial score (nSPS) is 33.3. The van der Waals surface area contributed by atoms with Crippen molar-refractivity contribution in [2.24, 2.45) is 17.6 Å². The molecule has 4 atom stereocenters. The molecule has 0 aromatic heterocycles. The number of ether oxygens (including phenoxy) is 1. The fourth-order valence-corrected chi connectivity index (χ4v) is 3.47. The van der Waals surface area contributed by atoms with Crippen LogP contribution < -0.4 is 11.1 Å². The maximum absolute atomic E-state index is 12.3. The molecule has 1 aliphatic carbocycles. The minimum Gasteiger partial charge on any atom is -0.381 e. The first-order chi connectivity index (χ1) is 10.1. The summed E-state index contributed by atoms with van der Waals surface area (Å²) >= 11 is 0. The number of nitrogens with zero attached hydrogens (tertiary/aromatic N) is 1. The van der Waals surface area contributed by atoms with Gasteiger partial charge in [0, 0.05) is 32.2 Å². The van der Waals surface area contributed by atoms with Crippen molar-refractivity contribution in [2.45, 2.75) is 50.7 Å². The summed E-state index contributed by atoms with van der Waals surface area (Å²) in [4.78, 5) is 26.2. The lowest BCUT2D eigenvalue weighted by molar-refractivity contribution is -0.128. The summed E-state index contributed by atoms with van der Waals surface area (Å²) in [5, 5.41) is 2.97. The number of carbonyl (C=O) groups excluding carboxylic acids is 2. The molecule has 2 aliphatic heterocycles. The maximum Gasteiger partial charge on any atom is 0.237 e.